The van der Waals surface area contributed by atoms with E-state index in [4.69, 9.17) is 11.5 Å². The monoisotopic (exact) mass is 185 g/mol. The van der Waals surface area contributed by atoms with Crippen LogP contribution in [0.5, 0.6) is 0 Å². The Morgan fingerprint density at radius 3 is 2.77 bits per heavy atom. The number of amides is 1. The van der Waals surface area contributed by atoms with Gasteiger partial charge in [-0.3, -0.25) is 4.79 Å². The predicted molar refractivity (Wildman–Crippen MR) is 52.0 cm³/mol. The number of carbonyl (C=O) groups excluding carboxylic acids is 1. The highest BCUT2D eigenvalue weighted by Crippen LogP contribution is 2.23. The van der Waals surface area contributed by atoms with E-state index >= 15 is 0 Å². The molecule has 0 saturated heterocycles. The van der Waals surface area contributed by atoms with Crippen molar-refractivity contribution < 1.29 is 4.79 Å². The number of hydrogen-bond donors (Lipinski definition) is 3. The molecule has 0 aromatic carbocycles. The van der Waals surface area contributed by atoms with Gasteiger partial charge in [0.05, 0.1) is 0 Å². The molecule has 0 aromatic heterocycles. The van der Waals surface area contributed by atoms with Gasteiger partial charge in [-0.2, -0.15) is 0 Å². The fourth-order valence-electron chi connectivity index (χ4n) is 1.71. The van der Waals surface area contributed by atoms with Gasteiger partial charge in [0.25, 0.3) is 0 Å². The minimum atomic E-state index is 0.146. The van der Waals surface area contributed by atoms with E-state index in [0.717, 1.165) is 25.7 Å². The lowest BCUT2D eigenvalue weighted by Gasteiger charge is -2.09. The summed E-state index contributed by atoms with van der Waals surface area (Å²) in [5.41, 5.74) is 11.0. The minimum Gasteiger partial charge on any atom is -0.356 e. The van der Waals surface area contributed by atoms with Crippen molar-refractivity contribution in [3.05, 3.63) is 0 Å². The van der Waals surface area contributed by atoms with Crippen molar-refractivity contribution in [2.45, 2.75) is 31.7 Å². The van der Waals surface area contributed by atoms with Crippen LogP contribution < -0.4 is 16.8 Å². The molecular formula is C9H19N3O. The molecule has 0 radical (unpaired) electrons. The Labute approximate surface area is 79.0 Å². The molecular weight excluding hydrogens is 166 g/mol. The van der Waals surface area contributed by atoms with Crippen LogP contribution in [0.1, 0.15) is 25.7 Å². The zero-order valence-corrected chi connectivity index (χ0v) is 7.96. The zero-order valence-electron chi connectivity index (χ0n) is 7.96. The molecule has 1 aliphatic rings. The average molecular weight is 185 g/mol. The molecule has 1 rings (SSSR count). The number of carbonyl (C=O) groups is 1. The largest absolute Gasteiger partial charge is 0.356 e. The Morgan fingerprint density at radius 2 is 2.23 bits per heavy atom. The van der Waals surface area contributed by atoms with Crippen LogP contribution >= 0.6 is 0 Å². The maximum atomic E-state index is 11.5. The number of hydrogen-bond acceptors (Lipinski definition) is 3. The first-order chi connectivity index (χ1) is 6.24. The first kappa shape index (κ1) is 10.5. The summed E-state index contributed by atoms with van der Waals surface area (Å²) in [7, 11) is 0. The van der Waals surface area contributed by atoms with Crippen molar-refractivity contribution in [2.75, 3.05) is 13.1 Å². The number of nitrogens with one attached hydrogen (secondary N) is 1. The van der Waals surface area contributed by atoms with E-state index in [0.29, 0.717) is 13.1 Å². The van der Waals surface area contributed by atoms with Gasteiger partial charge in [0.2, 0.25) is 5.91 Å². The normalized spacial score (nSPS) is 27.5. The maximum Gasteiger partial charge on any atom is 0.223 e. The smallest absolute Gasteiger partial charge is 0.223 e. The fraction of sp³-hybridized carbons (Fsp3) is 0.889. The SMILES string of the molecule is NCCCNC(=O)C1CCC(N)C1. The van der Waals surface area contributed by atoms with Gasteiger partial charge in [-0.05, 0) is 32.2 Å². The van der Waals surface area contributed by atoms with E-state index in [2.05, 4.69) is 5.32 Å². The number of nitrogens with two attached hydrogens (primary N) is 2. The molecule has 0 aromatic rings. The van der Waals surface area contributed by atoms with Crippen LogP contribution in [-0.4, -0.2) is 25.0 Å². The summed E-state index contributed by atoms with van der Waals surface area (Å²) >= 11 is 0. The van der Waals surface area contributed by atoms with Gasteiger partial charge < -0.3 is 16.8 Å². The van der Waals surface area contributed by atoms with E-state index < -0.39 is 0 Å². The quantitative estimate of drug-likeness (QED) is 0.520. The molecule has 4 nitrogen and oxygen atoms in total. The fourth-order valence-corrected chi connectivity index (χ4v) is 1.71. The lowest BCUT2D eigenvalue weighted by atomic mass is 10.1. The highest BCUT2D eigenvalue weighted by atomic mass is 16.1. The Kier molecular flexibility index (Phi) is 4.18. The molecule has 0 bridgehead atoms. The van der Waals surface area contributed by atoms with Crippen LogP contribution in [0, 0.1) is 5.92 Å². The highest BCUT2D eigenvalue weighted by molar-refractivity contribution is 5.78. The summed E-state index contributed by atoms with van der Waals surface area (Å²) < 4.78 is 0. The van der Waals surface area contributed by atoms with Crippen LogP contribution in [0.15, 0.2) is 0 Å². The zero-order chi connectivity index (χ0) is 9.68. The second-order valence-electron chi connectivity index (χ2n) is 3.70. The van der Waals surface area contributed by atoms with Crippen molar-refractivity contribution in [3.63, 3.8) is 0 Å². The van der Waals surface area contributed by atoms with E-state index in [1.807, 2.05) is 0 Å². The minimum absolute atomic E-state index is 0.146. The molecule has 2 atom stereocenters. The van der Waals surface area contributed by atoms with E-state index in [1.54, 1.807) is 0 Å². The molecule has 5 N–H and O–H groups in total. The first-order valence-corrected chi connectivity index (χ1v) is 4.97. The summed E-state index contributed by atoms with van der Waals surface area (Å²) in [5, 5.41) is 2.87. The van der Waals surface area contributed by atoms with Crippen molar-refractivity contribution in [3.8, 4) is 0 Å². The van der Waals surface area contributed by atoms with Crippen LogP contribution in [0.3, 0.4) is 0 Å². The Balaban J connectivity index is 2.16. The first-order valence-electron chi connectivity index (χ1n) is 4.97. The van der Waals surface area contributed by atoms with Gasteiger partial charge in [0, 0.05) is 18.5 Å². The van der Waals surface area contributed by atoms with Gasteiger partial charge in [-0.1, -0.05) is 0 Å². The third-order valence-electron chi connectivity index (χ3n) is 2.52. The summed E-state index contributed by atoms with van der Waals surface area (Å²) in [6, 6.07) is 0.227. The van der Waals surface area contributed by atoms with Crippen molar-refractivity contribution in [2.24, 2.45) is 17.4 Å². The molecule has 0 heterocycles. The Bertz CT molecular complexity index is 172. The molecule has 1 aliphatic carbocycles. The molecule has 4 heteroatoms. The van der Waals surface area contributed by atoms with Gasteiger partial charge in [0.1, 0.15) is 0 Å². The molecule has 2 unspecified atom stereocenters. The third-order valence-corrected chi connectivity index (χ3v) is 2.52. The molecule has 0 aliphatic heterocycles. The third kappa shape index (κ3) is 3.32. The highest BCUT2D eigenvalue weighted by Gasteiger charge is 2.27. The van der Waals surface area contributed by atoms with Gasteiger partial charge >= 0.3 is 0 Å². The molecule has 1 fully saturated rings. The summed E-state index contributed by atoms with van der Waals surface area (Å²) in [4.78, 5) is 11.5. The standard InChI is InChI=1S/C9H19N3O/c10-4-1-5-12-9(13)7-2-3-8(11)6-7/h7-8H,1-6,10-11H2,(H,12,13). The van der Waals surface area contributed by atoms with Crippen molar-refractivity contribution in [1.29, 1.82) is 0 Å². The molecule has 1 amide bonds. The number of rotatable bonds is 4. The van der Waals surface area contributed by atoms with Crippen LogP contribution in [0.4, 0.5) is 0 Å². The van der Waals surface area contributed by atoms with E-state index in [1.165, 1.54) is 0 Å². The second kappa shape index (κ2) is 5.19. The molecule has 1 saturated carbocycles. The summed E-state index contributed by atoms with van der Waals surface area (Å²) in [6.07, 6.45) is 3.61. The lowest BCUT2D eigenvalue weighted by Crippen LogP contribution is -2.31. The van der Waals surface area contributed by atoms with Crippen LogP contribution in [0.2, 0.25) is 0 Å². The average Bonchev–Trinajstić information content (AvgIpc) is 2.52. The van der Waals surface area contributed by atoms with E-state index in [-0.39, 0.29) is 17.9 Å². The Hall–Kier alpha value is -0.610. The summed E-state index contributed by atoms with van der Waals surface area (Å²) in [6.45, 7) is 1.32. The predicted octanol–water partition coefficient (Wildman–Crippen LogP) is -0.421. The topological polar surface area (TPSA) is 81.1 Å². The summed E-state index contributed by atoms with van der Waals surface area (Å²) in [5.74, 6) is 0.300. The Morgan fingerprint density at radius 1 is 1.46 bits per heavy atom. The lowest BCUT2D eigenvalue weighted by molar-refractivity contribution is -0.124. The molecule has 13 heavy (non-hydrogen) atoms. The second-order valence-corrected chi connectivity index (χ2v) is 3.70. The molecule has 0 spiro atoms. The molecule has 76 valence electrons. The van der Waals surface area contributed by atoms with Crippen molar-refractivity contribution in [1.82, 2.24) is 5.32 Å². The van der Waals surface area contributed by atoms with Crippen molar-refractivity contribution >= 4 is 5.91 Å². The van der Waals surface area contributed by atoms with Gasteiger partial charge in [-0.25, -0.2) is 0 Å². The maximum absolute atomic E-state index is 11.5. The van der Waals surface area contributed by atoms with Gasteiger partial charge in [-0.15, -0.1) is 0 Å². The van der Waals surface area contributed by atoms with E-state index in [9.17, 15) is 4.79 Å². The van der Waals surface area contributed by atoms with Crippen LogP contribution in [0.25, 0.3) is 0 Å². The van der Waals surface area contributed by atoms with Gasteiger partial charge in [0.15, 0.2) is 0 Å². The van der Waals surface area contributed by atoms with Crippen LogP contribution in [-0.2, 0) is 4.79 Å².